The molecule has 0 aliphatic carbocycles. The van der Waals surface area contributed by atoms with Crippen LogP contribution >= 0.6 is 0 Å². The van der Waals surface area contributed by atoms with Gasteiger partial charge in [0.2, 0.25) is 11.8 Å². The average Bonchev–Trinajstić information content (AvgIpc) is 4.04. The van der Waals surface area contributed by atoms with Gasteiger partial charge in [0, 0.05) is 171 Å². The highest BCUT2D eigenvalue weighted by atomic mass is 16.5. The van der Waals surface area contributed by atoms with Gasteiger partial charge in [-0.15, -0.1) is 0 Å². The van der Waals surface area contributed by atoms with E-state index in [0.29, 0.717) is 25.0 Å². The Labute approximate surface area is 399 Å². The van der Waals surface area contributed by atoms with Crippen molar-refractivity contribution >= 4 is 33.1 Å². The van der Waals surface area contributed by atoms with Gasteiger partial charge in [-0.25, -0.2) is 29.0 Å². The van der Waals surface area contributed by atoms with Crippen LogP contribution in [0.4, 0.5) is 0 Å². The molecule has 8 aromatic heterocycles. The third kappa shape index (κ3) is 9.82. The van der Waals surface area contributed by atoms with Gasteiger partial charge in [-0.1, -0.05) is 36.4 Å². The highest BCUT2D eigenvalue weighted by molar-refractivity contribution is 5.99. The Morgan fingerprint density at radius 1 is 0.464 bits per heavy atom. The monoisotopic (exact) mass is 916 g/mol. The zero-order chi connectivity index (χ0) is 46.4. The number of ether oxygens (including phenoxy) is 2. The summed E-state index contributed by atoms with van der Waals surface area (Å²) < 4.78 is 15.4. The minimum atomic E-state index is 0.638. The van der Waals surface area contributed by atoms with Gasteiger partial charge in [0.1, 0.15) is 13.2 Å². The summed E-state index contributed by atoms with van der Waals surface area (Å²) in [6.45, 7) is 11.8. The topological polar surface area (TPSA) is 152 Å². The normalized spacial score (nSPS) is 14.9. The molecule has 69 heavy (non-hydrogen) atoms. The lowest BCUT2D eigenvalue weighted by atomic mass is 10.0. The third-order valence-corrected chi connectivity index (χ3v) is 12.8. The summed E-state index contributed by atoms with van der Waals surface area (Å²) >= 11 is 0. The zero-order valence-corrected chi connectivity index (χ0v) is 38.5. The van der Waals surface area contributed by atoms with E-state index < -0.39 is 0 Å². The first-order valence-corrected chi connectivity index (χ1v) is 23.5. The predicted molar refractivity (Wildman–Crippen MR) is 268 cm³/mol. The number of rotatable bonds is 12. The van der Waals surface area contributed by atoms with Crippen LogP contribution in [0, 0.1) is 0 Å². The number of benzene rings is 2. The molecule has 0 amide bonds. The summed E-state index contributed by atoms with van der Waals surface area (Å²) in [5.74, 6) is 1.28. The Hall–Kier alpha value is -7.76. The van der Waals surface area contributed by atoms with Gasteiger partial charge in [0.05, 0.1) is 23.4 Å². The van der Waals surface area contributed by atoms with Gasteiger partial charge < -0.3 is 19.7 Å². The largest absolute Gasteiger partial charge is 0.476 e. The maximum atomic E-state index is 5.88. The van der Waals surface area contributed by atoms with Crippen LogP contribution in [-0.2, 0) is 0 Å². The van der Waals surface area contributed by atoms with Crippen LogP contribution < -0.4 is 14.8 Å². The molecule has 346 valence electrons. The molecule has 2 saturated heterocycles. The molecule has 2 aliphatic heterocycles. The maximum absolute atomic E-state index is 5.88. The Balaban J connectivity index is 0.000000151. The Morgan fingerprint density at radius 3 is 1.45 bits per heavy atom. The fourth-order valence-electron chi connectivity index (χ4n) is 8.94. The highest BCUT2D eigenvalue weighted by Crippen LogP contribution is 2.33. The van der Waals surface area contributed by atoms with Crippen LogP contribution in [0.1, 0.15) is 0 Å². The second-order valence-corrected chi connectivity index (χ2v) is 17.3. The molecule has 0 bridgehead atoms. The molecule has 0 unspecified atom stereocenters. The summed E-state index contributed by atoms with van der Waals surface area (Å²) in [5.41, 5.74) is 11.5. The van der Waals surface area contributed by atoms with E-state index in [1.807, 2.05) is 132 Å². The molecule has 1 N–H and O–H groups in total. The minimum Gasteiger partial charge on any atom is -0.476 e. The molecule has 2 aromatic carbocycles. The van der Waals surface area contributed by atoms with Crippen LogP contribution in [0.2, 0.25) is 0 Å². The molecule has 16 heteroatoms. The quantitative estimate of drug-likeness (QED) is 0.135. The number of nitrogens with one attached hydrogen (secondary N) is 1. The first-order valence-electron chi connectivity index (χ1n) is 23.5. The summed E-state index contributed by atoms with van der Waals surface area (Å²) in [6.07, 6.45) is 18.7. The van der Waals surface area contributed by atoms with Crippen molar-refractivity contribution in [2.45, 2.75) is 0 Å². The summed E-state index contributed by atoms with van der Waals surface area (Å²) in [6, 6.07) is 28.2. The molecule has 10 heterocycles. The molecule has 0 atom stereocenters. The zero-order valence-electron chi connectivity index (χ0n) is 38.5. The van der Waals surface area contributed by atoms with E-state index in [4.69, 9.17) is 19.4 Å². The van der Waals surface area contributed by atoms with Gasteiger partial charge in [-0.3, -0.25) is 19.8 Å². The lowest BCUT2D eigenvalue weighted by molar-refractivity contribution is 0.132. The molecule has 10 aromatic rings. The molecule has 0 spiro atoms. The molecule has 0 saturated carbocycles. The van der Waals surface area contributed by atoms with Crippen molar-refractivity contribution in [3.8, 4) is 56.3 Å². The number of aromatic nitrogens is 10. The van der Waals surface area contributed by atoms with Crippen molar-refractivity contribution in [2.75, 3.05) is 85.7 Å². The van der Waals surface area contributed by atoms with Gasteiger partial charge in [-0.05, 0) is 54.6 Å². The minimum absolute atomic E-state index is 0.638. The lowest BCUT2D eigenvalue weighted by Crippen LogP contribution is -2.45. The number of fused-ring (bicyclic) bond motifs is 4. The summed E-state index contributed by atoms with van der Waals surface area (Å²) in [7, 11) is 2.17. The first-order chi connectivity index (χ1) is 34.1. The molecule has 2 aliphatic rings. The standard InChI is InChI=1S/C27H27N7O.C26H25N7O/c1-32-10-12-33(13-11-32)14-15-35-26-8-7-20(16-29-26)21-17-30-27-24(18-31-34(27)19-21)22-4-2-6-25-23(22)5-3-9-28-25;1-3-21(22-4-2-8-28-24(22)5-1)23-17-31-33-18-20(16-30-26(23)33)19-6-7-25(29-15-19)34-14-13-32-11-9-27-10-12-32/h2-9,16-19H,10-15H2,1H3;1-8,15-18,27H,9-14H2. The van der Waals surface area contributed by atoms with Crippen molar-refractivity contribution in [3.63, 3.8) is 0 Å². The van der Waals surface area contributed by atoms with Gasteiger partial charge >= 0.3 is 0 Å². The van der Waals surface area contributed by atoms with Crippen molar-refractivity contribution in [3.05, 3.63) is 147 Å². The highest BCUT2D eigenvalue weighted by Gasteiger charge is 2.16. The van der Waals surface area contributed by atoms with Gasteiger partial charge in [-0.2, -0.15) is 10.2 Å². The van der Waals surface area contributed by atoms with Crippen LogP contribution in [0.15, 0.2) is 147 Å². The fraction of sp³-hybridized carbons (Fsp3) is 0.245. The van der Waals surface area contributed by atoms with Crippen LogP contribution in [-0.4, -0.2) is 150 Å². The average molecular weight is 917 g/mol. The van der Waals surface area contributed by atoms with E-state index in [0.717, 1.165) is 143 Å². The van der Waals surface area contributed by atoms with E-state index >= 15 is 0 Å². The van der Waals surface area contributed by atoms with Crippen molar-refractivity contribution in [2.24, 2.45) is 0 Å². The van der Waals surface area contributed by atoms with Crippen LogP contribution in [0.25, 0.3) is 77.6 Å². The maximum Gasteiger partial charge on any atom is 0.213 e. The first kappa shape index (κ1) is 43.8. The lowest BCUT2D eigenvalue weighted by Gasteiger charge is -2.32. The summed E-state index contributed by atoms with van der Waals surface area (Å²) in [5, 5.41) is 14.7. The van der Waals surface area contributed by atoms with Crippen LogP contribution in [0.5, 0.6) is 11.8 Å². The second kappa shape index (κ2) is 20.2. The molecular weight excluding hydrogens is 865 g/mol. The number of nitrogens with zero attached hydrogens (tertiary/aromatic N) is 13. The molecule has 0 radical (unpaired) electrons. The second-order valence-electron chi connectivity index (χ2n) is 17.3. The Morgan fingerprint density at radius 2 is 0.957 bits per heavy atom. The number of likely N-dealkylation sites (N-methyl/N-ethyl adjacent to an activating group) is 1. The van der Waals surface area contributed by atoms with Gasteiger partial charge in [0.15, 0.2) is 11.3 Å². The molecular formula is C53H52N14O2. The van der Waals surface area contributed by atoms with Gasteiger partial charge in [0.25, 0.3) is 0 Å². The molecule has 16 nitrogen and oxygen atoms in total. The van der Waals surface area contributed by atoms with E-state index in [1.165, 1.54) is 0 Å². The molecule has 12 rings (SSSR count). The van der Waals surface area contributed by atoms with Crippen molar-refractivity contribution in [1.29, 1.82) is 0 Å². The number of hydrogen-bond donors (Lipinski definition) is 1. The Kier molecular flexibility index (Phi) is 12.8. The Bertz CT molecular complexity index is 3320. The predicted octanol–water partition coefficient (Wildman–Crippen LogP) is 6.92. The molecule has 2 fully saturated rings. The number of pyridine rings is 4. The van der Waals surface area contributed by atoms with Crippen LogP contribution in [0.3, 0.4) is 0 Å². The van der Waals surface area contributed by atoms with E-state index in [9.17, 15) is 0 Å². The van der Waals surface area contributed by atoms with E-state index in [-0.39, 0.29) is 0 Å². The van der Waals surface area contributed by atoms with Crippen molar-refractivity contribution in [1.82, 2.24) is 69.1 Å². The summed E-state index contributed by atoms with van der Waals surface area (Å²) in [4.78, 5) is 34.6. The van der Waals surface area contributed by atoms with Crippen molar-refractivity contribution < 1.29 is 9.47 Å². The SMILES string of the molecule is CN1CCN(CCOc2ccc(-c3cnc4c(-c5cccc6ncccc56)cnn4c3)cn2)CC1.c1cc(-c2cnn3cc(-c4ccc(OCCN5CCNCC5)nc4)cnc23)c2cccnc2c1. The fourth-order valence-corrected chi connectivity index (χ4v) is 8.94. The third-order valence-electron chi connectivity index (χ3n) is 12.8. The number of hydrogen-bond acceptors (Lipinski definition) is 14. The number of piperazine rings is 2. The smallest absolute Gasteiger partial charge is 0.213 e. The van der Waals surface area contributed by atoms with E-state index in [1.54, 1.807) is 0 Å². The van der Waals surface area contributed by atoms with E-state index in [2.05, 4.69) is 81.5 Å².